The minimum atomic E-state index is -0.200. The Labute approximate surface area is 97.3 Å². The van der Waals surface area contributed by atoms with E-state index in [-0.39, 0.29) is 11.9 Å². The quantitative estimate of drug-likeness (QED) is 0.888. The monoisotopic (exact) mass is 237 g/mol. The first-order valence-corrected chi connectivity index (χ1v) is 5.89. The van der Waals surface area contributed by atoms with Gasteiger partial charge in [0.15, 0.2) is 0 Å². The van der Waals surface area contributed by atoms with Crippen LogP contribution in [0.15, 0.2) is 29.8 Å². The maximum Gasteiger partial charge on any atom is 0.205 e. The maximum absolute atomic E-state index is 12.7. The third kappa shape index (κ3) is 3.00. The Morgan fingerprint density at radius 3 is 2.75 bits per heavy atom. The summed E-state index contributed by atoms with van der Waals surface area (Å²) in [5.41, 5.74) is 2.79. The summed E-state index contributed by atoms with van der Waals surface area (Å²) in [6, 6.07) is 6.81. The summed E-state index contributed by atoms with van der Waals surface area (Å²) >= 11 is 1.47. The molecule has 3 nitrogen and oxygen atoms in total. The van der Waals surface area contributed by atoms with Gasteiger partial charge in [-0.15, -0.1) is 10.2 Å². The Hall–Kier alpha value is -1.49. The first kappa shape index (κ1) is 11.0. The van der Waals surface area contributed by atoms with Gasteiger partial charge in [-0.3, -0.25) is 0 Å². The van der Waals surface area contributed by atoms with Gasteiger partial charge in [0.1, 0.15) is 11.3 Å². The van der Waals surface area contributed by atoms with Crippen LogP contribution in [0.4, 0.5) is 9.52 Å². The average Bonchev–Trinajstić information content (AvgIpc) is 2.74. The van der Waals surface area contributed by atoms with Crippen molar-refractivity contribution >= 4 is 16.5 Å². The van der Waals surface area contributed by atoms with Gasteiger partial charge in [-0.25, -0.2) is 4.39 Å². The normalized spacial score (nSPS) is 12.4. The zero-order valence-electron chi connectivity index (χ0n) is 8.85. The largest absolute Gasteiger partial charge is 0.357 e. The van der Waals surface area contributed by atoms with Crippen molar-refractivity contribution < 1.29 is 4.39 Å². The van der Waals surface area contributed by atoms with Gasteiger partial charge in [-0.05, 0) is 31.0 Å². The van der Waals surface area contributed by atoms with E-state index in [0.717, 1.165) is 17.1 Å². The molecule has 0 amide bonds. The third-order valence-corrected chi connectivity index (χ3v) is 2.81. The first-order valence-electron chi connectivity index (χ1n) is 5.01. The van der Waals surface area contributed by atoms with Gasteiger partial charge in [-0.2, -0.15) is 0 Å². The van der Waals surface area contributed by atoms with E-state index in [4.69, 9.17) is 0 Å². The van der Waals surface area contributed by atoms with Crippen molar-refractivity contribution in [3.05, 3.63) is 41.2 Å². The molecule has 1 unspecified atom stereocenters. The fraction of sp³-hybridized carbons (Fsp3) is 0.273. The van der Waals surface area contributed by atoms with Crippen molar-refractivity contribution in [1.29, 1.82) is 0 Å². The lowest BCUT2D eigenvalue weighted by Crippen LogP contribution is -2.17. The molecule has 1 heterocycles. The van der Waals surface area contributed by atoms with Crippen LogP contribution in [0.25, 0.3) is 0 Å². The Bertz CT molecular complexity index is 427. The molecule has 1 atom stereocenters. The molecule has 16 heavy (non-hydrogen) atoms. The average molecular weight is 237 g/mol. The summed E-state index contributed by atoms with van der Waals surface area (Å²) in [6.45, 7) is 2.06. The molecule has 1 N–H and O–H groups in total. The summed E-state index contributed by atoms with van der Waals surface area (Å²) in [5, 5.41) is 11.7. The lowest BCUT2D eigenvalue weighted by molar-refractivity contribution is 0.626. The van der Waals surface area contributed by atoms with E-state index in [9.17, 15) is 4.39 Å². The molecular weight excluding hydrogens is 225 g/mol. The number of halogens is 1. The van der Waals surface area contributed by atoms with Crippen LogP contribution in [-0.2, 0) is 6.42 Å². The Balaban J connectivity index is 1.92. The zero-order chi connectivity index (χ0) is 11.4. The summed E-state index contributed by atoms with van der Waals surface area (Å²) in [6.07, 6.45) is 0.833. The molecule has 2 rings (SSSR count). The van der Waals surface area contributed by atoms with Gasteiger partial charge in [0.2, 0.25) is 5.13 Å². The number of aromatic nitrogens is 2. The molecule has 0 aliphatic carbocycles. The van der Waals surface area contributed by atoms with Gasteiger partial charge in [0.05, 0.1) is 0 Å². The smallest absolute Gasteiger partial charge is 0.205 e. The molecule has 1 aromatic carbocycles. The van der Waals surface area contributed by atoms with Crippen LogP contribution in [0.1, 0.15) is 12.5 Å². The highest BCUT2D eigenvalue weighted by Gasteiger charge is 2.05. The molecular formula is C11H12FN3S. The van der Waals surface area contributed by atoms with E-state index < -0.39 is 0 Å². The Morgan fingerprint density at radius 1 is 1.38 bits per heavy atom. The van der Waals surface area contributed by atoms with Crippen LogP contribution >= 0.6 is 11.3 Å². The van der Waals surface area contributed by atoms with Crippen molar-refractivity contribution in [2.75, 3.05) is 5.32 Å². The number of anilines is 1. The lowest BCUT2D eigenvalue weighted by Gasteiger charge is -2.12. The van der Waals surface area contributed by atoms with Crippen molar-refractivity contribution in [2.45, 2.75) is 19.4 Å². The third-order valence-electron chi connectivity index (χ3n) is 2.19. The van der Waals surface area contributed by atoms with Gasteiger partial charge >= 0.3 is 0 Å². The number of hydrogen-bond acceptors (Lipinski definition) is 4. The molecule has 0 spiro atoms. The number of nitrogens with one attached hydrogen (secondary N) is 1. The van der Waals surface area contributed by atoms with E-state index in [1.165, 1.54) is 23.5 Å². The maximum atomic E-state index is 12.7. The van der Waals surface area contributed by atoms with Crippen molar-refractivity contribution in [3.8, 4) is 0 Å². The second-order valence-corrected chi connectivity index (χ2v) is 4.45. The molecule has 0 saturated heterocycles. The van der Waals surface area contributed by atoms with Crippen LogP contribution in [0.5, 0.6) is 0 Å². The van der Waals surface area contributed by atoms with E-state index >= 15 is 0 Å². The standard InChI is InChI=1S/C11H12FN3S/c1-8(14-11-15-13-7-16-11)6-9-2-4-10(12)5-3-9/h2-5,7-8H,6H2,1H3,(H,14,15). The fourth-order valence-corrected chi connectivity index (χ4v) is 2.03. The first-order chi connectivity index (χ1) is 7.74. The minimum absolute atomic E-state index is 0.200. The Morgan fingerprint density at radius 2 is 2.12 bits per heavy atom. The molecule has 0 bridgehead atoms. The highest BCUT2D eigenvalue weighted by atomic mass is 32.1. The molecule has 0 aliphatic heterocycles. The van der Waals surface area contributed by atoms with Gasteiger partial charge in [-0.1, -0.05) is 23.5 Å². The van der Waals surface area contributed by atoms with Gasteiger partial charge in [0.25, 0.3) is 0 Å². The van der Waals surface area contributed by atoms with Crippen molar-refractivity contribution in [3.63, 3.8) is 0 Å². The molecule has 0 aliphatic rings. The molecule has 1 aromatic heterocycles. The minimum Gasteiger partial charge on any atom is -0.357 e. The van der Waals surface area contributed by atoms with Crippen LogP contribution in [-0.4, -0.2) is 16.2 Å². The molecule has 84 valence electrons. The van der Waals surface area contributed by atoms with Crippen molar-refractivity contribution in [1.82, 2.24) is 10.2 Å². The van der Waals surface area contributed by atoms with Crippen molar-refractivity contribution in [2.24, 2.45) is 0 Å². The second kappa shape index (κ2) is 5.03. The van der Waals surface area contributed by atoms with Crippen LogP contribution in [0.3, 0.4) is 0 Å². The van der Waals surface area contributed by atoms with E-state index in [0.29, 0.717) is 0 Å². The van der Waals surface area contributed by atoms with E-state index in [2.05, 4.69) is 22.4 Å². The summed E-state index contributed by atoms with van der Waals surface area (Å²) in [5.74, 6) is -0.200. The van der Waals surface area contributed by atoms with Gasteiger partial charge < -0.3 is 5.32 Å². The molecule has 5 heteroatoms. The predicted octanol–water partition coefficient (Wildman–Crippen LogP) is 2.72. The number of nitrogens with zero attached hydrogens (tertiary/aromatic N) is 2. The number of rotatable bonds is 4. The predicted molar refractivity (Wildman–Crippen MR) is 63.1 cm³/mol. The summed E-state index contributed by atoms with van der Waals surface area (Å²) in [7, 11) is 0. The topological polar surface area (TPSA) is 37.8 Å². The van der Waals surface area contributed by atoms with Crippen LogP contribution < -0.4 is 5.32 Å². The van der Waals surface area contributed by atoms with Crippen LogP contribution in [0, 0.1) is 5.82 Å². The van der Waals surface area contributed by atoms with E-state index in [1.807, 2.05) is 0 Å². The second-order valence-electron chi connectivity index (χ2n) is 3.62. The Kier molecular flexibility index (Phi) is 3.46. The molecule has 0 fully saturated rings. The highest BCUT2D eigenvalue weighted by Crippen LogP contribution is 2.12. The van der Waals surface area contributed by atoms with Gasteiger partial charge in [0, 0.05) is 6.04 Å². The molecule has 0 radical (unpaired) electrons. The lowest BCUT2D eigenvalue weighted by atomic mass is 10.1. The fourth-order valence-electron chi connectivity index (χ4n) is 1.47. The molecule has 2 aromatic rings. The zero-order valence-corrected chi connectivity index (χ0v) is 9.67. The SMILES string of the molecule is CC(Cc1ccc(F)cc1)Nc1nncs1. The molecule has 0 saturated carbocycles. The highest BCUT2D eigenvalue weighted by molar-refractivity contribution is 7.13. The summed E-state index contributed by atoms with van der Waals surface area (Å²) < 4.78 is 12.7. The van der Waals surface area contributed by atoms with Crippen LogP contribution in [0.2, 0.25) is 0 Å². The number of hydrogen-bond donors (Lipinski definition) is 1. The summed E-state index contributed by atoms with van der Waals surface area (Å²) in [4.78, 5) is 0. The van der Waals surface area contributed by atoms with E-state index in [1.54, 1.807) is 17.6 Å². The number of benzene rings is 1.